The number of rotatable bonds is 5. The van der Waals surface area contributed by atoms with Gasteiger partial charge in [0.2, 0.25) is 0 Å². The molecule has 0 aromatic rings. The van der Waals surface area contributed by atoms with Gasteiger partial charge in [-0.15, -0.1) is 8.58 Å². The second kappa shape index (κ2) is 24.0. The van der Waals surface area contributed by atoms with Crippen LogP contribution in [0.3, 0.4) is 0 Å². The molecule has 0 saturated carbocycles. The summed E-state index contributed by atoms with van der Waals surface area (Å²) in [4.78, 5) is 56.8. The van der Waals surface area contributed by atoms with Crippen LogP contribution < -0.4 is 29.4 Å². The first-order valence-electron chi connectivity index (χ1n) is 6.83. The largest absolute Gasteiger partial charge is 3.00 e. The fourth-order valence-corrected chi connectivity index (χ4v) is 0.750. The normalized spacial score (nSPS) is 10.2. The maximum Gasteiger partial charge on any atom is 3.00 e. The van der Waals surface area contributed by atoms with Gasteiger partial charge in [-0.1, -0.05) is 57.4 Å². The molecule has 0 aromatic carbocycles. The summed E-state index contributed by atoms with van der Waals surface area (Å²) in [6, 6.07) is 0. The van der Waals surface area contributed by atoms with E-state index in [1.54, 1.807) is 0 Å². The van der Waals surface area contributed by atoms with E-state index in [1.165, 1.54) is 41.7 Å². The van der Waals surface area contributed by atoms with Crippen molar-refractivity contribution in [1.82, 2.24) is 0 Å². The fourth-order valence-electron chi connectivity index (χ4n) is 0.250. The van der Waals surface area contributed by atoms with Gasteiger partial charge in [-0.05, 0) is 30.8 Å². The number of hydrogen-bond acceptors (Lipinski definition) is 9. The molecule has 0 aromatic heterocycles. The van der Waals surface area contributed by atoms with Crippen molar-refractivity contribution < 1.29 is 43.1 Å². The van der Waals surface area contributed by atoms with E-state index in [2.05, 4.69) is 13.8 Å². The standard InChI is InChI=1S/C4H11P.3C2H7O3P.2Al/c1-3-5-4-2;3*1-2-6(3,4)5;;/h5H,3-4H2,1-2H3;3*2H2,1H3,(H2,3,4,5);;/q;;;;2*+3/p-6. The minimum atomic E-state index is -4.15. The van der Waals surface area contributed by atoms with E-state index in [1.807, 2.05) is 0 Å². The summed E-state index contributed by atoms with van der Waals surface area (Å²) >= 11 is 0. The Balaban J connectivity index is -0.0000000470. The Bertz CT molecular complexity index is 326. The first-order valence-corrected chi connectivity index (χ1v) is 13.4. The first kappa shape index (κ1) is 41.3. The molecule has 0 aliphatic rings. The third-order valence-corrected chi connectivity index (χ3v) is 4.99. The smallest absolute Gasteiger partial charge is 0.811 e. The summed E-state index contributed by atoms with van der Waals surface area (Å²) in [5.74, 6) is 0. The van der Waals surface area contributed by atoms with Gasteiger partial charge >= 0.3 is 34.7 Å². The molecule has 146 valence electrons. The molecule has 0 unspecified atom stereocenters. The first-order chi connectivity index (χ1) is 10.1. The van der Waals surface area contributed by atoms with Gasteiger partial charge in [-0.2, -0.15) is 0 Å². The Morgan fingerprint density at radius 3 is 0.680 bits per heavy atom. The van der Waals surface area contributed by atoms with Crippen molar-refractivity contribution in [2.24, 2.45) is 0 Å². The molecule has 0 amide bonds. The predicted octanol–water partition coefficient (Wildman–Crippen LogP) is -2.30. The summed E-state index contributed by atoms with van der Waals surface area (Å²) in [5, 5.41) is 0. The second-order valence-corrected chi connectivity index (χ2v) is 11.2. The molecule has 0 spiro atoms. The van der Waals surface area contributed by atoms with Gasteiger partial charge < -0.3 is 43.1 Å². The molecule has 0 N–H and O–H groups in total. The van der Waals surface area contributed by atoms with Gasteiger partial charge in [-0.25, -0.2) is 0 Å². The van der Waals surface area contributed by atoms with Crippen LogP contribution in [-0.2, 0) is 13.7 Å². The molecule has 15 heteroatoms. The molecule has 0 rings (SSSR count). The van der Waals surface area contributed by atoms with E-state index in [0.717, 1.165) is 0 Å². The molecule has 9 nitrogen and oxygen atoms in total. The minimum absolute atomic E-state index is 0. The third-order valence-electron chi connectivity index (χ3n) is 1.66. The van der Waals surface area contributed by atoms with Gasteiger partial charge in [0.15, 0.2) is 0 Å². The van der Waals surface area contributed by atoms with Gasteiger partial charge in [0.1, 0.15) is 0 Å². The Kier molecular flexibility index (Phi) is 39.7. The summed E-state index contributed by atoms with van der Waals surface area (Å²) in [6.07, 6.45) is 1.89. The molecule has 25 heavy (non-hydrogen) atoms. The number of hydrogen-bond donors (Lipinski definition) is 0. The predicted molar refractivity (Wildman–Crippen MR) is 95.3 cm³/mol. The SMILES string of the molecule is CCP(=O)([O-])[O-].CCP(=O)([O-])[O-].CCP(=O)([O-])[O-].CCPCC.[Al+3].[Al+3]. The average molecular weight is 468 g/mol. The van der Waals surface area contributed by atoms with Crippen molar-refractivity contribution in [3.63, 3.8) is 0 Å². The van der Waals surface area contributed by atoms with Crippen molar-refractivity contribution in [1.29, 1.82) is 0 Å². The maximum atomic E-state index is 9.47. The Labute approximate surface area is 174 Å². The van der Waals surface area contributed by atoms with Crippen LogP contribution in [0.15, 0.2) is 0 Å². The minimum Gasteiger partial charge on any atom is -0.811 e. The van der Waals surface area contributed by atoms with Gasteiger partial charge in [0.05, 0.1) is 0 Å². The van der Waals surface area contributed by atoms with Crippen LogP contribution in [0, 0.1) is 0 Å². The van der Waals surface area contributed by atoms with Crippen molar-refractivity contribution >= 4 is 66.1 Å². The van der Waals surface area contributed by atoms with Crippen LogP contribution in [0.5, 0.6) is 0 Å². The van der Waals surface area contributed by atoms with Crippen LogP contribution in [0.2, 0.25) is 0 Å². The van der Waals surface area contributed by atoms with E-state index >= 15 is 0 Å². The maximum absolute atomic E-state index is 9.47. The monoisotopic (exact) mass is 468 g/mol. The summed E-state index contributed by atoms with van der Waals surface area (Å²) in [7, 11) is -11.2. The molecule has 0 saturated heterocycles. The molecule has 0 radical (unpaired) electrons. The quantitative estimate of drug-likeness (QED) is 0.316. The van der Waals surface area contributed by atoms with E-state index in [-0.39, 0.29) is 53.2 Å². The molecule has 0 atom stereocenters. The average Bonchev–Trinajstić information content (AvgIpc) is 2.39. The summed E-state index contributed by atoms with van der Waals surface area (Å²) < 4.78 is 28.4. The zero-order valence-corrected chi connectivity index (χ0v) is 21.2. The Hall–Kier alpha value is 1.94. The summed E-state index contributed by atoms with van der Waals surface area (Å²) in [5.41, 5.74) is 0. The van der Waals surface area contributed by atoms with Crippen LogP contribution >= 0.6 is 31.4 Å². The molecular weight excluding hydrogens is 442 g/mol. The van der Waals surface area contributed by atoms with Crippen molar-refractivity contribution in [3.8, 4) is 0 Å². The van der Waals surface area contributed by atoms with Crippen molar-refractivity contribution in [2.45, 2.75) is 34.6 Å². The Morgan fingerprint density at radius 2 is 0.680 bits per heavy atom. The van der Waals surface area contributed by atoms with Gasteiger partial charge in [0, 0.05) is 0 Å². The Morgan fingerprint density at radius 1 is 0.560 bits per heavy atom. The van der Waals surface area contributed by atoms with E-state index in [4.69, 9.17) is 0 Å². The molecule has 0 heterocycles. The van der Waals surface area contributed by atoms with Crippen LogP contribution in [-0.4, -0.2) is 65.5 Å². The van der Waals surface area contributed by atoms with Gasteiger partial charge in [-0.3, -0.25) is 0 Å². The van der Waals surface area contributed by atoms with Gasteiger partial charge in [0.25, 0.3) is 0 Å². The third kappa shape index (κ3) is 88.8. The van der Waals surface area contributed by atoms with Crippen molar-refractivity contribution in [2.75, 3.05) is 30.8 Å². The molecular formula is C10H26Al2O9P4. The topological polar surface area (TPSA) is 190 Å². The summed E-state index contributed by atoms with van der Waals surface area (Å²) in [6.45, 7) is 8.41. The molecule has 0 fully saturated rings. The zero-order valence-electron chi connectivity index (χ0n) is 15.2. The van der Waals surface area contributed by atoms with E-state index < -0.39 is 22.8 Å². The van der Waals surface area contributed by atoms with E-state index in [9.17, 15) is 43.1 Å². The fraction of sp³-hybridized carbons (Fsp3) is 1.00. The zero-order chi connectivity index (χ0) is 19.7. The van der Waals surface area contributed by atoms with Crippen LogP contribution in [0.1, 0.15) is 34.6 Å². The van der Waals surface area contributed by atoms with E-state index in [0.29, 0.717) is 0 Å². The second-order valence-electron chi connectivity index (χ2n) is 3.74. The molecule has 0 bridgehead atoms. The molecule has 0 aliphatic heterocycles. The van der Waals surface area contributed by atoms with Crippen LogP contribution in [0.25, 0.3) is 0 Å². The molecule has 0 aliphatic carbocycles. The van der Waals surface area contributed by atoms with Crippen molar-refractivity contribution in [3.05, 3.63) is 0 Å². The van der Waals surface area contributed by atoms with Crippen LogP contribution in [0.4, 0.5) is 0 Å².